The molecule has 1 aromatic carbocycles. The zero-order chi connectivity index (χ0) is 34.4. The van der Waals surface area contributed by atoms with E-state index in [9.17, 15) is 27.6 Å². The second-order valence-corrected chi connectivity index (χ2v) is 14.0. The molecule has 0 spiro atoms. The summed E-state index contributed by atoms with van der Waals surface area (Å²) in [6, 6.07) is 5.97. The Morgan fingerprint density at radius 3 is 2.18 bits per heavy atom. The van der Waals surface area contributed by atoms with Crippen molar-refractivity contribution in [2.24, 2.45) is 10.7 Å². The number of rotatable bonds is 10. The van der Waals surface area contributed by atoms with E-state index in [2.05, 4.69) is 9.71 Å². The van der Waals surface area contributed by atoms with Crippen molar-refractivity contribution in [2.45, 2.75) is 89.9 Å². The molecule has 0 saturated carbocycles. The zero-order valence-electron chi connectivity index (χ0n) is 26.8. The van der Waals surface area contributed by atoms with Gasteiger partial charge in [0.05, 0.1) is 17.9 Å². The number of guanidine groups is 1. The standard InChI is InChI=1S/C29H42N6O9S/c1-19-11-9-12-21(17-19)45(40,41)33-29(14-13-20(2)32-23(29)37)18-22(36)34(25(38)43-27(3,4)5)15-10-16-42-35(24(30)31)26(39)44-28(6,7)8/h9,11-14,17,33H,10,15-16,18H2,1-8H3,(H3,30,31). The normalized spacial score (nSPS) is 16.9. The molecule has 4 N–H and O–H groups in total. The number of hydroxylamine groups is 2. The van der Waals surface area contributed by atoms with Crippen molar-refractivity contribution in [3.8, 4) is 0 Å². The van der Waals surface area contributed by atoms with E-state index in [0.29, 0.717) is 21.2 Å². The van der Waals surface area contributed by atoms with Crippen molar-refractivity contribution in [1.29, 1.82) is 5.41 Å². The number of aliphatic imine (C=N–C) groups is 1. The monoisotopic (exact) mass is 650 g/mol. The van der Waals surface area contributed by atoms with Crippen molar-refractivity contribution < 1.29 is 41.9 Å². The van der Waals surface area contributed by atoms with Crippen molar-refractivity contribution in [1.82, 2.24) is 14.7 Å². The molecular weight excluding hydrogens is 608 g/mol. The second kappa shape index (κ2) is 14.3. The fourth-order valence-corrected chi connectivity index (χ4v) is 5.26. The average Bonchev–Trinajstić information content (AvgIpc) is 2.86. The molecule has 0 saturated heterocycles. The van der Waals surface area contributed by atoms with Crippen LogP contribution in [0.15, 0.2) is 46.3 Å². The van der Waals surface area contributed by atoms with Gasteiger partial charge in [-0.2, -0.15) is 4.72 Å². The van der Waals surface area contributed by atoms with Crippen LogP contribution in [0.3, 0.4) is 0 Å². The number of imide groups is 1. The highest BCUT2D eigenvalue weighted by Crippen LogP contribution is 2.25. The Morgan fingerprint density at radius 1 is 1.04 bits per heavy atom. The maximum Gasteiger partial charge on any atom is 0.442 e. The van der Waals surface area contributed by atoms with Gasteiger partial charge in [0.2, 0.25) is 21.9 Å². The lowest BCUT2D eigenvalue weighted by molar-refractivity contribution is -0.135. The van der Waals surface area contributed by atoms with E-state index in [1.165, 1.54) is 37.3 Å². The van der Waals surface area contributed by atoms with Gasteiger partial charge in [0.25, 0.3) is 5.91 Å². The third kappa shape index (κ3) is 11.1. The number of hydrogen-bond donors (Lipinski definition) is 3. The number of carbonyl (C=O) groups is 4. The summed E-state index contributed by atoms with van der Waals surface area (Å²) >= 11 is 0. The summed E-state index contributed by atoms with van der Waals surface area (Å²) in [6.45, 7) is 12.2. The van der Waals surface area contributed by atoms with Gasteiger partial charge in [-0.15, -0.1) is 5.06 Å². The summed E-state index contributed by atoms with van der Waals surface area (Å²) in [5.74, 6) is -2.67. The maximum atomic E-state index is 13.7. The third-order valence-electron chi connectivity index (χ3n) is 5.75. The number of ether oxygens (including phenoxy) is 2. The molecule has 0 radical (unpaired) electrons. The number of allylic oxidation sites excluding steroid dienone is 1. The Morgan fingerprint density at radius 2 is 1.64 bits per heavy atom. The molecule has 16 heteroatoms. The van der Waals surface area contributed by atoms with E-state index >= 15 is 0 Å². The van der Waals surface area contributed by atoms with E-state index in [1.807, 2.05) is 0 Å². The van der Waals surface area contributed by atoms with Crippen LogP contribution in [-0.4, -0.2) is 83.9 Å². The number of nitrogens with two attached hydrogens (primary N) is 1. The molecule has 0 aromatic heterocycles. The lowest BCUT2D eigenvalue weighted by Gasteiger charge is -2.32. The van der Waals surface area contributed by atoms with E-state index < -0.39 is 63.1 Å². The Balaban J connectivity index is 2.34. The van der Waals surface area contributed by atoms with Gasteiger partial charge in [0.1, 0.15) is 16.7 Å². The first-order chi connectivity index (χ1) is 20.5. The Labute approximate surface area is 263 Å². The van der Waals surface area contributed by atoms with Crippen molar-refractivity contribution in [3.05, 3.63) is 42.0 Å². The summed E-state index contributed by atoms with van der Waals surface area (Å²) < 4.78 is 39.6. The van der Waals surface area contributed by atoms with Crippen LogP contribution in [0.5, 0.6) is 0 Å². The van der Waals surface area contributed by atoms with Crippen molar-refractivity contribution >= 4 is 45.7 Å². The first kappa shape index (κ1) is 37.0. The molecule has 1 unspecified atom stereocenters. The fourth-order valence-electron chi connectivity index (χ4n) is 3.83. The number of amides is 4. The van der Waals surface area contributed by atoms with Gasteiger partial charge in [-0.1, -0.05) is 18.2 Å². The highest BCUT2D eigenvalue weighted by atomic mass is 32.2. The predicted molar refractivity (Wildman–Crippen MR) is 165 cm³/mol. The number of nitrogens with zero attached hydrogens (tertiary/aromatic N) is 3. The smallest absolute Gasteiger partial charge is 0.442 e. The highest BCUT2D eigenvalue weighted by molar-refractivity contribution is 7.89. The van der Waals surface area contributed by atoms with Gasteiger partial charge in [-0.25, -0.2) is 27.9 Å². The van der Waals surface area contributed by atoms with Crippen LogP contribution in [0, 0.1) is 12.3 Å². The minimum Gasteiger partial charge on any atom is -0.443 e. The number of dihydropyridines is 1. The summed E-state index contributed by atoms with van der Waals surface area (Å²) in [4.78, 5) is 62.2. The van der Waals surface area contributed by atoms with E-state index in [4.69, 9.17) is 25.5 Å². The van der Waals surface area contributed by atoms with E-state index in [0.717, 1.165) is 0 Å². The Kier molecular flexibility index (Phi) is 11.8. The van der Waals surface area contributed by atoms with Crippen LogP contribution in [0.25, 0.3) is 0 Å². The van der Waals surface area contributed by atoms with Gasteiger partial charge in [-0.3, -0.25) is 19.8 Å². The second-order valence-electron chi connectivity index (χ2n) is 12.3. The molecule has 1 atom stereocenters. The summed E-state index contributed by atoms with van der Waals surface area (Å²) in [6.07, 6.45) is -0.387. The average molecular weight is 651 g/mol. The van der Waals surface area contributed by atoms with Crippen LogP contribution >= 0.6 is 0 Å². The van der Waals surface area contributed by atoms with Gasteiger partial charge in [0, 0.05) is 12.3 Å². The molecule has 15 nitrogen and oxygen atoms in total. The van der Waals surface area contributed by atoms with Gasteiger partial charge in [-0.05, 0) is 85.6 Å². The highest BCUT2D eigenvalue weighted by Gasteiger charge is 2.45. The zero-order valence-corrected chi connectivity index (χ0v) is 27.6. The summed E-state index contributed by atoms with van der Waals surface area (Å²) in [7, 11) is -4.35. The maximum absolute atomic E-state index is 13.7. The molecule has 45 heavy (non-hydrogen) atoms. The molecule has 248 valence electrons. The number of nitrogens with one attached hydrogen (secondary N) is 2. The molecule has 0 bridgehead atoms. The van der Waals surface area contributed by atoms with Crippen LogP contribution in [-0.2, 0) is 33.9 Å². The van der Waals surface area contributed by atoms with Crippen LogP contribution in [0.1, 0.15) is 66.9 Å². The lowest BCUT2D eigenvalue weighted by Crippen LogP contribution is -2.57. The predicted octanol–water partition coefficient (Wildman–Crippen LogP) is 3.18. The van der Waals surface area contributed by atoms with Gasteiger partial charge >= 0.3 is 12.2 Å². The molecule has 4 amide bonds. The minimum atomic E-state index is -4.35. The SMILES string of the molecule is CC1=NC(=O)C(CC(=O)N(CCCON(C(=N)N)C(=O)OC(C)(C)C)C(=O)OC(C)(C)C)(NS(=O)(=O)c2cccc(C)c2)C=C1. The lowest BCUT2D eigenvalue weighted by atomic mass is 9.91. The number of hydrogen-bond acceptors (Lipinski definition) is 10. The van der Waals surface area contributed by atoms with Gasteiger partial charge < -0.3 is 15.2 Å². The molecule has 1 aliphatic heterocycles. The molecule has 1 heterocycles. The number of aryl methyl sites for hydroxylation is 1. The number of carbonyl (C=O) groups excluding carboxylic acids is 4. The quantitative estimate of drug-likeness (QED) is 0.146. The first-order valence-electron chi connectivity index (χ1n) is 14.0. The summed E-state index contributed by atoms with van der Waals surface area (Å²) in [5, 5.41) is 8.04. The topological polar surface area (TPSA) is 211 Å². The molecule has 0 fully saturated rings. The summed E-state index contributed by atoms with van der Waals surface area (Å²) in [5.41, 5.74) is 2.31. The Hall–Kier alpha value is -4.15. The molecule has 1 aliphatic rings. The van der Waals surface area contributed by atoms with Crippen molar-refractivity contribution in [3.63, 3.8) is 0 Å². The van der Waals surface area contributed by atoms with Crippen LogP contribution in [0.4, 0.5) is 9.59 Å². The third-order valence-corrected chi connectivity index (χ3v) is 7.26. The minimum absolute atomic E-state index is 0.0827. The molecule has 2 rings (SSSR count). The van der Waals surface area contributed by atoms with Gasteiger partial charge in [0.15, 0.2) is 0 Å². The van der Waals surface area contributed by atoms with Crippen LogP contribution in [0.2, 0.25) is 0 Å². The molecular formula is C29H42N6O9S. The fraction of sp³-hybridized carbons (Fsp3) is 0.517. The van der Waals surface area contributed by atoms with Crippen LogP contribution < -0.4 is 10.5 Å². The van der Waals surface area contributed by atoms with E-state index in [1.54, 1.807) is 54.5 Å². The largest absolute Gasteiger partial charge is 0.443 e. The van der Waals surface area contributed by atoms with E-state index in [-0.39, 0.29) is 24.5 Å². The molecule has 1 aromatic rings. The Bertz CT molecular complexity index is 1490. The number of benzene rings is 1. The first-order valence-corrected chi connectivity index (χ1v) is 15.5. The molecule has 0 aliphatic carbocycles. The van der Waals surface area contributed by atoms with Crippen molar-refractivity contribution in [2.75, 3.05) is 13.2 Å². The number of sulfonamides is 1.